The molecular formula is C22H26N2O2. The van der Waals surface area contributed by atoms with Crippen molar-refractivity contribution in [1.29, 1.82) is 0 Å². The van der Waals surface area contributed by atoms with Crippen molar-refractivity contribution >= 4 is 16.8 Å². The van der Waals surface area contributed by atoms with Crippen LogP contribution in [-0.4, -0.2) is 36.0 Å². The van der Waals surface area contributed by atoms with Gasteiger partial charge >= 0.3 is 0 Å². The van der Waals surface area contributed by atoms with Gasteiger partial charge in [-0.15, -0.1) is 0 Å². The molecule has 1 N–H and O–H groups in total. The number of nitrogens with one attached hydrogen (secondary N) is 1. The molecule has 0 bridgehead atoms. The van der Waals surface area contributed by atoms with Crippen LogP contribution in [-0.2, 0) is 11.2 Å². The molecule has 0 saturated heterocycles. The second kappa shape index (κ2) is 8.09. The standard InChI is InChI=1S/C22H26N2O2/c1-4-24(5-2)21(25)15-14-19-18-8-6-7-9-20(18)23-22(19)16-10-12-17(26-3)13-11-16/h6-13,23H,4-5,14-15H2,1-3H3. The lowest BCUT2D eigenvalue weighted by atomic mass is 10.0. The molecule has 0 aliphatic rings. The minimum Gasteiger partial charge on any atom is -0.497 e. The van der Waals surface area contributed by atoms with Gasteiger partial charge in [0, 0.05) is 36.1 Å². The van der Waals surface area contributed by atoms with Crippen molar-refractivity contribution in [2.75, 3.05) is 20.2 Å². The molecule has 0 radical (unpaired) electrons. The molecule has 0 aliphatic heterocycles. The number of hydrogen-bond donors (Lipinski definition) is 1. The molecule has 3 rings (SSSR count). The van der Waals surface area contributed by atoms with Crippen LogP contribution >= 0.6 is 0 Å². The molecule has 4 nitrogen and oxygen atoms in total. The van der Waals surface area contributed by atoms with Crippen molar-refractivity contribution in [1.82, 2.24) is 9.88 Å². The van der Waals surface area contributed by atoms with Crippen LogP contribution in [0.3, 0.4) is 0 Å². The maximum absolute atomic E-state index is 12.5. The molecule has 1 amide bonds. The lowest BCUT2D eigenvalue weighted by Crippen LogP contribution is -2.30. The minimum atomic E-state index is 0.209. The number of amides is 1. The number of H-pyrrole nitrogens is 1. The molecule has 0 unspecified atom stereocenters. The van der Waals surface area contributed by atoms with Crippen molar-refractivity contribution in [2.24, 2.45) is 0 Å². The van der Waals surface area contributed by atoms with Gasteiger partial charge in [-0.05, 0) is 61.7 Å². The van der Waals surface area contributed by atoms with E-state index < -0.39 is 0 Å². The third-order valence-electron chi connectivity index (χ3n) is 4.90. The van der Waals surface area contributed by atoms with Crippen molar-refractivity contribution in [3.63, 3.8) is 0 Å². The number of methoxy groups -OCH3 is 1. The van der Waals surface area contributed by atoms with Crippen LogP contribution in [0.2, 0.25) is 0 Å². The summed E-state index contributed by atoms with van der Waals surface area (Å²) in [4.78, 5) is 17.9. The number of ether oxygens (including phenoxy) is 1. The number of aromatic nitrogens is 1. The van der Waals surface area contributed by atoms with Crippen LogP contribution < -0.4 is 4.74 Å². The van der Waals surface area contributed by atoms with Gasteiger partial charge in [-0.25, -0.2) is 0 Å². The first kappa shape index (κ1) is 18.1. The van der Waals surface area contributed by atoms with Crippen molar-refractivity contribution in [3.8, 4) is 17.0 Å². The fourth-order valence-electron chi connectivity index (χ4n) is 3.43. The van der Waals surface area contributed by atoms with Crippen molar-refractivity contribution < 1.29 is 9.53 Å². The van der Waals surface area contributed by atoms with E-state index in [0.29, 0.717) is 6.42 Å². The number of rotatable bonds is 7. The lowest BCUT2D eigenvalue weighted by Gasteiger charge is -2.18. The molecule has 2 aromatic carbocycles. The quantitative estimate of drug-likeness (QED) is 0.674. The van der Waals surface area contributed by atoms with Gasteiger partial charge in [0.25, 0.3) is 0 Å². The summed E-state index contributed by atoms with van der Waals surface area (Å²) >= 11 is 0. The Labute approximate surface area is 154 Å². The van der Waals surface area contributed by atoms with Gasteiger partial charge < -0.3 is 14.6 Å². The maximum atomic E-state index is 12.5. The van der Waals surface area contributed by atoms with E-state index in [0.717, 1.165) is 42.0 Å². The molecule has 136 valence electrons. The Morgan fingerprint density at radius 1 is 1.04 bits per heavy atom. The summed E-state index contributed by atoms with van der Waals surface area (Å²) in [6.45, 7) is 5.56. The topological polar surface area (TPSA) is 45.3 Å². The number of hydrogen-bond acceptors (Lipinski definition) is 2. The number of nitrogens with zero attached hydrogens (tertiary/aromatic N) is 1. The van der Waals surface area contributed by atoms with E-state index in [-0.39, 0.29) is 5.91 Å². The number of benzene rings is 2. The highest BCUT2D eigenvalue weighted by molar-refractivity contribution is 5.91. The lowest BCUT2D eigenvalue weighted by molar-refractivity contribution is -0.130. The first-order valence-corrected chi connectivity index (χ1v) is 9.19. The Morgan fingerprint density at radius 3 is 2.38 bits per heavy atom. The summed E-state index contributed by atoms with van der Waals surface area (Å²) in [5.74, 6) is 1.05. The van der Waals surface area contributed by atoms with E-state index in [9.17, 15) is 4.79 Å². The normalized spacial score (nSPS) is 10.9. The second-order valence-electron chi connectivity index (χ2n) is 6.32. The Bertz CT molecular complexity index is 877. The fraction of sp³-hybridized carbons (Fsp3) is 0.318. The number of carbonyl (C=O) groups excluding carboxylic acids is 1. The van der Waals surface area contributed by atoms with E-state index in [2.05, 4.69) is 29.2 Å². The summed E-state index contributed by atoms with van der Waals surface area (Å²) in [5, 5.41) is 1.19. The molecular weight excluding hydrogens is 324 g/mol. The van der Waals surface area contributed by atoms with Crippen molar-refractivity contribution in [2.45, 2.75) is 26.7 Å². The highest BCUT2D eigenvalue weighted by atomic mass is 16.5. The summed E-state index contributed by atoms with van der Waals surface area (Å²) < 4.78 is 5.26. The molecule has 0 saturated carbocycles. The van der Waals surface area contributed by atoms with Crippen LogP contribution in [0.25, 0.3) is 22.2 Å². The molecule has 0 spiro atoms. The molecule has 0 fully saturated rings. The molecule has 0 atom stereocenters. The van der Waals surface area contributed by atoms with E-state index in [1.807, 2.05) is 43.0 Å². The van der Waals surface area contributed by atoms with E-state index in [1.165, 1.54) is 10.9 Å². The molecule has 0 aliphatic carbocycles. The molecule has 1 heterocycles. The SMILES string of the molecule is CCN(CC)C(=O)CCc1c(-c2ccc(OC)cc2)[nH]c2ccccc12. The van der Waals surface area contributed by atoms with Crippen LogP contribution in [0.1, 0.15) is 25.8 Å². The number of para-hydroxylation sites is 1. The third-order valence-corrected chi connectivity index (χ3v) is 4.90. The van der Waals surface area contributed by atoms with Crippen LogP contribution in [0, 0.1) is 0 Å². The Hall–Kier alpha value is -2.75. The molecule has 26 heavy (non-hydrogen) atoms. The van der Waals surface area contributed by atoms with Crippen molar-refractivity contribution in [3.05, 3.63) is 54.1 Å². The summed E-state index contributed by atoms with van der Waals surface area (Å²) in [6, 6.07) is 16.3. The fourth-order valence-corrected chi connectivity index (χ4v) is 3.43. The molecule has 1 aromatic heterocycles. The second-order valence-corrected chi connectivity index (χ2v) is 6.32. The summed E-state index contributed by atoms with van der Waals surface area (Å²) in [6.07, 6.45) is 1.24. The van der Waals surface area contributed by atoms with E-state index >= 15 is 0 Å². The highest BCUT2D eigenvalue weighted by Gasteiger charge is 2.16. The zero-order valence-corrected chi connectivity index (χ0v) is 15.7. The van der Waals surface area contributed by atoms with Crippen LogP contribution in [0.5, 0.6) is 5.75 Å². The van der Waals surface area contributed by atoms with Gasteiger partial charge in [0.15, 0.2) is 0 Å². The van der Waals surface area contributed by atoms with Gasteiger partial charge in [-0.2, -0.15) is 0 Å². The van der Waals surface area contributed by atoms with Gasteiger partial charge in [-0.3, -0.25) is 4.79 Å². The predicted molar refractivity (Wildman–Crippen MR) is 107 cm³/mol. The Balaban J connectivity index is 1.95. The van der Waals surface area contributed by atoms with Gasteiger partial charge in [0.2, 0.25) is 5.91 Å². The largest absolute Gasteiger partial charge is 0.497 e. The minimum absolute atomic E-state index is 0.209. The highest BCUT2D eigenvalue weighted by Crippen LogP contribution is 2.32. The first-order chi connectivity index (χ1) is 12.7. The third kappa shape index (κ3) is 3.59. The molecule has 4 heteroatoms. The van der Waals surface area contributed by atoms with Gasteiger partial charge in [-0.1, -0.05) is 18.2 Å². The van der Waals surface area contributed by atoms with Crippen LogP contribution in [0.4, 0.5) is 0 Å². The number of carbonyl (C=O) groups is 1. The maximum Gasteiger partial charge on any atom is 0.222 e. The first-order valence-electron chi connectivity index (χ1n) is 9.19. The Kier molecular flexibility index (Phi) is 5.61. The Morgan fingerprint density at radius 2 is 1.73 bits per heavy atom. The summed E-state index contributed by atoms with van der Waals surface area (Å²) in [7, 11) is 1.67. The monoisotopic (exact) mass is 350 g/mol. The number of aromatic amines is 1. The zero-order chi connectivity index (χ0) is 18.5. The van der Waals surface area contributed by atoms with E-state index in [1.54, 1.807) is 7.11 Å². The molecule has 3 aromatic rings. The number of fused-ring (bicyclic) bond motifs is 1. The summed E-state index contributed by atoms with van der Waals surface area (Å²) in [5.41, 5.74) is 4.49. The zero-order valence-electron chi connectivity index (χ0n) is 15.7. The van der Waals surface area contributed by atoms with E-state index in [4.69, 9.17) is 4.74 Å². The smallest absolute Gasteiger partial charge is 0.222 e. The number of aryl methyl sites for hydroxylation is 1. The van der Waals surface area contributed by atoms with Gasteiger partial charge in [0.1, 0.15) is 5.75 Å². The average Bonchev–Trinajstić information content (AvgIpc) is 3.06. The average molecular weight is 350 g/mol. The predicted octanol–water partition coefficient (Wildman–Crippen LogP) is 4.64. The van der Waals surface area contributed by atoms with Crippen LogP contribution in [0.15, 0.2) is 48.5 Å². The van der Waals surface area contributed by atoms with Gasteiger partial charge in [0.05, 0.1) is 7.11 Å².